The molecule has 2 aliphatic carbocycles. The van der Waals surface area contributed by atoms with Crippen molar-refractivity contribution < 1.29 is 25.2 Å². The summed E-state index contributed by atoms with van der Waals surface area (Å²) in [5, 5.41) is 38.7. The molecule has 0 saturated heterocycles. The lowest BCUT2D eigenvalue weighted by Gasteiger charge is -2.40. The third kappa shape index (κ3) is 4.90. The van der Waals surface area contributed by atoms with Crippen molar-refractivity contribution in [3.05, 3.63) is 23.8 Å². The third-order valence-corrected chi connectivity index (χ3v) is 5.16. The highest BCUT2D eigenvalue weighted by molar-refractivity contribution is 5.67. The largest absolute Gasteiger partial charge is 0.481 e. The summed E-state index contributed by atoms with van der Waals surface area (Å²) in [5.41, 5.74) is 1.20. The zero-order valence-corrected chi connectivity index (χ0v) is 13.6. The lowest BCUT2D eigenvalue weighted by molar-refractivity contribution is -0.139. The molecule has 0 aliphatic heterocycles. The Hall–Kier alpha value is -1.17. The van der Waals surface area contributed by atoms with Gasteiger partial charge >= 0.3 is 5.97 Å². The van der Waals surface area contributed by atoms with Crippen LogP contribution in [0.3, 0.4) is 0 Å². The van der Waals surface area contributed by atoms with Crippen molar-refractivity contribution in [1.29, 1.82) is 0 Å². The van der Waals surface area contributed by atoms with Gasteiger partial charge in [0.2, 0.25) is 0 Å². The van der Waals surface area contributed by atoms with Crippen LogP contribution in [-0.4, -0.2) is 44.7 Å². The van der Waals surface area contributed by atoms with Gasteiger partial charge in [-0.3, -0.25) is 4.79 Å². The lowest BCUT2D eigenvalue weighted by atomic mass is 9.66. The zero-order valence-electron chi connectivity index (χ0n) is 13.6. The first-order chi connectivity index (χ1) is 10.9. The fraction of sp³-hybridized carbons (Fsp3) is 0.722. The summed E-state index contributed by atoms with van der Waals surface area (Å²) in [6, 6.07) is 0. The Morgan fingerprint density at radius 1 is 1.35 bits per heavy atom. The van der Waals surface area contributed by atoms with E-state index >= 15 is 0 Å². The summed E-state index contributed by atoms with van der Waals surface area (Å²) in [6.07, 6.45) is 7.11. The number of fused-ring (bicyclic) bond motifs is 1. The summed E-state index contributed by atoms with van der Waals surface area (Å²) in [4.78, 5) is 10.5. The molecule has 0 fully saturated rings. The molecule has 2 aliphatic rings. The maximum Gasteiger partial charge on any atom is 0.305 e. The molecule has 0 aromatic carbocycles. The second kappa shape index (κ2) is 8.08. The highest BCUT2D eigenvalue weighted by Crippen LogP contribution is 2.42. The number of hydrogen-bond acceptors (Lipinski definition) is 4. The fourth-order valence-corrected chi connectivity index (χ4v) is 3.95. The minimum absolute atomic E-state index is 0.0825. The van der Waals surface area contributed by atoms with Crippen LogP contribution in [0.15, 0.2) is 23.8 Å². The van der Waals surface area contributed by atoms with E-state index in [9.17, 15) is 20.1 Å². The molecule has 6 atom stereocenters. The summed E-state index contributed by atoms with van der Waals surface area (Å²) >= 11 is 0. The average molecular weight is 324 g/mol. The van der Waals surface area contributed by atoms with E-state index in [2.05, 4.69) is 25.2 Å². The Morgan fingerprint density at radius 3 is 2.78 bits per heavy atom. The molecule has 5 heteroatoms. The zero-order chi connectivity index (χ0) is 17.0. The molecule has 5 nitrogen and oxygen atoms in total. The number of allylic oxidation sites excluding steroid dienone is 3. The fourth-order valence-electron chi connectivity index (χ4n) is 3.95. The number of aliphatic hydroxyl groups is 3. The van der Waals surface area contributed by atoms with E-state index in [1.807, 2.05) is 0 Å². The predicted molar refractivity (Wildman–Crippen MR) is 86.7 cm³/mol. The number of aliphatic hydroxyl groups excluding tert-OH is 3. The molecule has 2 rings (SSSR count). The molecule has 23 heavy (non-hydrogen) atoms. The molecule has 0 heterocycles. The van der Waals surface area contributed by atoms with E-state index in [1.54, 1.807) is 0 Å². The standard InChI is InChI=1S/C18H28O5/c1-11-5-6-12-3-2-4-16(21)18(12)15(11)8-7-13(19)9-14(20)10-17(22)23/h3,5-6,11,13-16,18-21H,2,4,7-10H2,1H3,(H,22,23)/t11-,13+,14+,15+,16-,18-/m0/s1. The first-order valence-electron chi connectivity index (χ1n) is 8.52. The van der Waals surface area contributed by atoms with Gasteiger partial charge in [0.25, 0.3) is 0 Å². The Labute approximate surface area is 137 Å². The van der Waals surface area contributed by atoms with Crippen LogP contribution >= 0.6 is 0 Å². The van der Waals surface area contributed by atoms with E-state index in [1.165, 1.54) is 5.57 Å². The second-order valence-electron chi connectivity index (χ2n) is 6.98. The minimum atomic E-state index is -1.06. The van der Waals surface area contributed by atoms with Crippen molar-refractivity contribution in [3.8, 4) is 0 Å². The highest BCUT2D eigenvalue weighted by Gasteiger charge is 2.37. The summed E-state index contributed by atoms with van der Waals surface area (Å²) in [5.74, 6) is -0.329. The smallest absolute Gasteiger partial charge is 0.305 e. The molecule has 0 aromatic rings. The SMILES string of the molecule is C[C@H]1C=CC2=CCC[C@H](O)[C@@H]2[C@@H]1CC[C@@H](O)C[C@@H](O)CC(=O)O. The third-order valence-electron chi connectivity index (χ3n) is 5.16. The Balaban J connectivity index is 1.90. The Morgan fingerprint density at radius 2 is 2.09 bits per heavy atom. The van der Waals surface area contributed by atoms with Crippen molar-refractivity contribution in [2.75, 3.05) is 0 Å². The molecule has 0 spiro atoms. The normalized spacial score (nSPS) is 32.8. The number of hydrogen-bond donors (Lipinski definition) is 4. The molecule has 0 radical (unpaired) electrons. The highest BCUT2D eigenvalue weighted by atomic mass is 16.4. The summed E-state index contributed by atoms with van der Waals surface area (Å²) < 4.78 is 0. The van der Waals surface area contributed by atoms with E-state index < -0.39 is 18.2 Å². The van der Waals surface area contributed by atoms with Crippen LogP contribution in [0.1, 0.15) is 45.4 Å². The Bertz CT molecular complexity index is 470. The van der Waals surface area contributed by atoms with E-state index in [4.69, 9.17) is 5.11 Å². The van der Waals surface area contributed by atoms with Gasteiger partial charge in [-0.15, -0.1) is 0 Å². The monoisotopic (exact) mass is 324 g/mol. The minimum Gasteiger partial charge on any atom is -0.481 e. The van der Waals surface area contributed by atoms with Gasteiger partial charge in [0.15, 0.2) is 0 Å². The van der Waals surface area contributed by atoms with Gasteiger partial charge in [-0.1, -0.05) is 25.2 Å². The van der Waals surface area contributed by atoms with Crippen LogP contribution in [-0.2, 0) is 4.79 Å². The topological polar surface area (TPSA) is 98.0 Å². The number of aliphatic carboxylic acids is 1. The van der Waals surface area contributed by atoms with Gasteiger partial charge in [0.1, 0.15) is 0 Å². The first kappa shape index (κ1) is 18.2. The lowest BCUT2D eigenvalue weighted by Crippen LogP contribution is -2.37. The number of carboxylic acids is 1. The first-order valence-corrected chi connectivity index (χ1v) is 8.52. The van der Waals surface area contributed by atoms with Crippen molar-refractivity contribution in [3.63, 3.8) is 0 Å². The molecule has 0 amide bonds. The van der Waals surface area contributed by atoms with Crippen molar-refractivity contribution >= 4 is 5.97 Å². The van der Waals surface area contributed by atoms with Gasteiger partial charge in [-0.25, -0.2) is 0 Å². The van der Waals surface area contributed by atoms with E-state index in [0.717, 1.165) is 19.3 Å². The maximum atomic E-state index is 10.5. The van der Waals surface area contributed by atoms with Crippen LogP contribution in [0.25, 0.3) is 0 Å². The van der Waals surface area contributed by atoms with Crippen LogP contribution in [0, 0.1) is 17.8 Å². The average Bonchev–Trinajstić information content (AvgIpc) is 2.45. The molecular weight excluding hydrogens is 296 g/mol. The maximum absolute atomic E-state index is 10.5. The van der Waals surface area contributed by atoms with Crippen LogP contribution in [0.5, 0.6) is 0 Å². The quantitative estimate of drug-likeness (QED) is 0.573. The van der Waals surface area contributed by atoms with Gasteiger partial charge in [0.05, 0.1) is 24.7 Å². The molecular formula is C18H28O5. The van der Waals surface area contributed by atoms with Gasteiger partial charge in [-0.05, 0) is 49.5 Å². The molecule has 0 bridgehead atoms. The van der Waals surface area contributed by atoms with Crippen LogP contribution in [0.2, 0.25) is 0 Å². The summed E-state index contributed by atoms with van der Waals surface area (Å²) in [7, 11) is 0. The number of rotatable bonds is 7. The number of carboxylic acid groups (broad SMARTS) is 1. The molecule has 4 N–H and O–H groups in total. The van der Waals surface area contributed by atoms with Crippen molar-refractivity contribution in [1.82, 2.24) is 0 Å². The van der Waals surface area contributed by atoms with Gasteiger partial charge in [0, 0.05) is 5.92 Å². The molecule has 0 unspecified atom stereocenters. The molecule has 130 valence electrons. The van der Waals surface area contributed by atoms with E-state index in [-0.39, 0.29) is 30.8 Å². The summed E-state index contributed by atoms with van der Waals surface area (Å²) in [6.45, 7) is 2.13. The molecule has 0 saturated carbocycles. The van der Waals surface area contributed by atoms with Gasteiger partial charge < -0.3 is 20.4 Å². The van der Waals surface area contributed by atoms with Crippen molar-refractivity contribution in [2.24, 2.45) is 17.8 Å². The van der Waals surface area contributed by atoms with Gasteiger partial charge in [-0.2, -0.15) is 0 Å². The van der Waals surface area contributed by atoms with Crippen LogP contribution in [0.4, 0.5) is 0 Å². The number of carbonyl (C=O) groups is 1. The second-order valence-corrected chi connectivity index (χ2v) is 6.98. The van der Waals surface area contributed by atoms with E-state index in [0.29, 0.717) is 12.3 Å². The van der Waals surface area contributed by atoms with Crippen LogP contribution < -0.4 is 0 Å². The van der Waals surface area contributed by atoms with Crippen molar-refractivity contribution in [2.45, 2.75) is 63.8 Å². The predicted octanol–water partition coefficient (Wildman–Crippen LogP) is 1.87. The Kier molecular flexibility index (Phi) is 6.39. The molecule has 0 aromatic heterocycles.